The molecule has 0 fully saturated rings. The minimum atomic E-state index is -0.119. The van der Waals surface area contributed by atoms with Gasteiger partial charge in [0, 0.05) is 30.7 Å². The molecule has 0 radical (unpaired) electrons. The highest BCUT2D eigenvalue weighted by Crippen LogP contribution is 2.12. The zero-order valence-electron chi connectivity index (χ0n) is 11.6. The minimum absolute atomic E-state index is 0.0807. The quantitative estimate of drug-likeness (QED) is 0.915. The van der Waals surface area contributed by atoms with Gasteiger partial charge in [0.2, 0.25) is 0 Å². The third-order valence-corrected chi connectivity index (χ3v) is 3.17. The van der Waals surface area contributed by atoms with E-state index < -0.39 is 0 Å². The van der Waals surface area contributed by atoms with E-state index in [1.165, 1.54) is 0 Å². The first-order valence-corrected chi connectivity index (χ1v) is 6.20. The lowest BCUT2D eigenvalue weighted by Crippen LogP contribution is -2.26. The zero-order valence-corrected chi connectivity index (χ0v) is 11.6. The summed E-state index contributed by atoms with van der Waals surface area (Å²) in [5, 5.41) is 7.04. The van der Waals surface area contributed by atoms with Crippen LogP contribution >= 0.6 is 0 Å². The molecule has 0 aliphatic carbocycles. The molecule has 0 unspecified atom stereocenters. The summed E-state index contributed by atoms with van der Waals surface area (Å²) in [6, 6.07) is 1.77. The highest BCUT2D eigenvalue weighted by atomic mass is 16.1. The maximum Gasteiger partial charge on any atom is 0.253 e. The predicted octanol–water partition coefficient (Wildman–Crippen LogP) is 1.92. The van der Waals surface area contributed by atoms with E-state index >= 15 is 0 Å². The maximum atomic E-state index is 12.1. The first kappa shape index (κ1) is 13.3. The standard InChI is InChI=1S/C14H18N4O/c1-9-5-12(6-15-10(9)2)14(19)17-11(3)13-7-16-18(4)8-13/h5-8,11H,1-4H3,(H,17,19)/t11-/m0/s1. The molecule has 0 bridgehead atoms. The van der Waals surface area contributed by atoms with Crippen LogP contribution in [0.2, 0.25) is 0 Å². The Labute approximate surface area is 112 Å². The molecular weight excluding hydrogens is 240 g/mol. The molecule has 0 saturated heterocycles. The van der Waals surface area contributed by atoms with Crippen LogP contribution in [0.5, 0.6) is 0 Å². The summed E-state index contributed by atoms with van der Waals surface area (Å²) in [6.45, 7) is 5.81. The van der Waals surface area contributed by atoms with E-state index in [2.05, 4.69) is 15.4 Å². The summed E-state index contributed by atoms with van der Waals surface area (Å²) >= 11 is 0. The van der Waals surface area contributed by atoms with E-state index in [9.17, 15) is 4.79 Å². The summed E-state index contributed by atoms with van der Waals surface area (Å²) < 4.78 is 1.72. The largest absolute Gasteiger partial charge is 0.345 e. The summed E-state index contributed by atoms with van der Waals surface area (Å²) in [7, 11) is 1.85. The van der Waals surface area contributed by atoms with Gasteiger partial charge in [0.05, 0.1) is 17.8 Å². The van der Waals surface area contributed by atoms with Crippen molar-refractivity contribution in [2.24, 2.45) is 7.05 Å². The van der Waals surface area contributed by atoms with Gasteiger partial charge >= 0.3 is 0 Å². The van der Waals surface area contributed by atoms with Crippen molar-refractivity contribution in [3.63, 3.8) is 0 Å². The third-order valence-electron chi connectivity index (χ3n) is 3.17. The van der Waals surface area contributed by atoms with E-state index in [0.717, 1.165) is 16.8 Å². The van der Waals surface area contributed by atoms with Gasteiger partial charge in [-0.1, -0.05) is 0 Å². The van der Waals surface area contributed by atoms with Crippen LogP contribution in [-0.4, -0.2) is 20.7 Å². The molecule has 19 heavy (non-hydrogen) atoms. The number of nitrogens with one attached hydrogen (secondary N) is 1. The lowest BCUT2D eigenvalue weighted by Gasteiger charge is -2.12. The zero-order chi connectivity index (χ0) is 14.0. The molecule has 0 aliphatic heterocycles. The van der Waals surface area contributed by atoms with Gasteiger partial charge < -0.3 is 5.32 Å². The lowest BCUT2D eigenvalue weighted by atomic mass is 10.1. The minimum Gasteiger partial charge on any atom is -0.345 e. The Balaban J connectivity index is 2.10. The van der Waals surface area contributed by atoms with Crippen LogP contribution in [-0.2, 0) is 7.05 Å². The van der Waals surface area contributed by atoms with Crippen LogP contribution in [0.1, 0.15) is 40.1 Å². The Bertz CT molecular complexity index is 603. The van der Waals surface area contributed by atoms with Gasteiger partial charge in [-0.15, -0.1) is 0 Å². The Morgan fingerprint density at radius 2 is 2.11 bits per heavy atom. The second-order valence-corrected chi connectivity index (χ2v) is 4.77. The Morgan fingerprint density at radius 1 is 1.37 bits per heavy atom. The average Bonchev–Trinajstić information content (AvgIpc) is 2.79. The fourth-order valence-corrected chi connectivity index (χ4v) is 1.79. The Kier molecular flexibility index (Phi) is 3.64. The van der Waals surface area contributed by atoms with Gasteiger partial charge in [-0.2, -0.15) is 5.10 Å². The molecule has 2 aromatic rings. The first-order valence-electron chi connectivity index (χ1n) is 6.20. The van der Waals surface area contributed by atoms with Crippen molar-refractivity contribution in [1.29, 1.82) is 0 Å². The molecule has 1 atom stereocenters. The molecule has 0 spiro atoms. The van der Waals surface area contributed by atoms with Gasteiger partial charge in [0.15, 0.2) is 0 Å². The van der Waals surface area contributed by atoms with Crippen molar-refractivity contribution in [3.8, 4) is 0 Å². The number of aromatic nitrogens is 3. The molecular formula is C14H18N4O. The van der Waals surface area contributed by atoms with Crippen LogP contribution < -0.4 is 5.32 Å². The number of nitrogens with zero attached hydrogens (tertiary/aromatic N) is 3. The molecule has 0 aromatic carbocycles. The van der Waals surface area contributed by atoms with E-state index in [0.29, 0.717) is 5.56 Å². The fraction of sp³-hybridized carbons (Fsp3) is 0.357. The molecule has 1 N–H and O–H groups in total. The van der Waals surface area contributed by atoms with Crippen molar-refractivity contribution >= 4 is 5.91 Å². The monoisotopic (exact) mass is 258 g/mol. The third kappa shape index (κ3) is 2.99. The van der Waals surface area contributed by atoms with Crippen molar-refractivity contribution in [1.82, 2.24) is 20.1 Å². The summed E-state index contributed by atoms with van der Waals surface area (Å²) in [5.41, 5.74) is 3.52. The summed E-state index contributed by atoms with van der Waals surface area (Å²) in [6.07, 6.45) is 5.25. The van der Waals surface area contributed by atoms with E-state index in [-0.39, 0.29) is 11.9 Å². The number of pyridine rings is 1. The topological polar surface area (TPSA) is 59.8 Å². The smallest absolute Gasteiger partial charge is 0.253 e. The second kappa shape index (κ2) is 5.22. The summed E-state index contributed by atoms with van der Waals surface area (Å²) in [5.74, 6) is -0.119. The van der Waals surface area contributed by atoms with Gasteiger partial charge in [-0.25, -0.2) is 0 Å². The molecule has 100 valence electrons. The van der Waals surface area contributed by atoms with Crippen LogP contribution in [0.4, 0.5) is 0 Å². The molecule has 0 saturated carbocycles. The van der Waals surface area contributed by atoms with E-state index in [4.69, 9.17) is 0 Å². The maximum absolute atomic E-state index is 12.1. The average molecular weight is 258 g/mol. The van der Waals surface area contributed by atoms with Crippen LogP contribution in [0, 0.1) is 13.8 Å². The van der Waals surface area contributed by atoms with E-state index in [1.54, 1.807) is 17.1 Å². The van der Waals surface area contributed by atoms with Crippen molar-refractivity contribution in [3.05, 3.63) is 47.0 Å². The van der Waals surface area contributed by atoms with Gasteiger partial charge in [-0.05, 0) is 32.4 Å². The van der Waals surface area contributed by atoms with Crippen LogP contribution in [0.3, 0.4) is 0 Å². The van der Waals surface area contributed by atoms with Gasteiger partial charge in [0.25, 0.3) is 5.91 Å². The molecule has 2 rings (SSSR count). The number of amides is 1. The number of carbonyl (C=O) groups excluding carboxylic acids is 1. The molecule has 2 aromatic heterocycles. The van der Waals surface area contributed by atoms with Crippen LogP contribution in [0.25, 0.3) is 0 Å². The second-order valence-electron chi connectivity index (χ2n) is 4.77. The Morgan fingerprint density at radius 3 is 2.68 bits per heavy atom. The van der Waals surface area contributed by atoms with Crippen molar-refractivity contribution < 1.29 is 4.79 Å². The molecule has 1 amide bonds. The van der Waals surface area contributed by atoms with Crippen molar-refractivity contribution in [2.45, 2.75) is 26.8 Å². The predicted molar refractivity (Wildman–Crippen MR) is 72.8 cm³/mol. The molecule has 5 heteroatoms. The van der Waals surface area contributed by atoms with Crippen LogP contribution in [0.15, 0.2) is 24.7 Å². The molecule has 2 heterocycles. The van der Waals surface area contributed by atoms with Gasteiger partial charge in [0.1, 0.15) is 0 Å². The number of aryl methyl sites for hydroxylation is 3. The van der Waals surface area contributed by atoms with E-state index in [1.807, 2.05) is 40.1 Å². The normalized spacial score (nSPS) is 12.2. The summed E-state index contributed by atoms with van der Waals surface area (Å²) in [4.78, 5) is 16.3. The highest BCUT2D eigenvalue weighted by Gasteiger charge is 2.13. The molecule has 5 nitrogen and oxygen atoms in total. The fourth-order valence-electron chi connectivity index (χ4n) is 1.79. The van der Waals surface area contributed by atoms with Gasteiger partial charge in [-0.3, -0.25) is 14.5 Å². The first-order chi connectivity index (χ1) is 8.97. The Hall–Kier alpha value is -2.17. The lowest BCUT2D eigenvalue weighted by molar-refractivity contribution is 0.0939. The molecule has 0 aliphatic rings. The number of carbonyl (C=O) groups is 1. The van der Waals surface area contributed by atoms with Crippen molar-refractivity contribution in [2.75, 3.05) is 0 Å². The number of rotatable bonds is 3. The highest BCUT2D eigenvalue weighted by molar-refractivity contribution is 5.94. The number of hydrogen-bond donors (Lipinski definition) is 1. The number of hydrogen-bond acceptors (Lipinski definition) is 3. The SMILES string of the molecule is Cc1cc(C(=O)N[C@@H](C)c2cnn(C)c2)cnc1C.